The van der Waals surface area contributed by atoms with Crippen molar-refractivity contribution < 1.29 is 47.5 Å². The second-order valence-electron chi connectivity index (χ2n) is 0. The first kappa shape index (κ1) is 8.90. The van der Waals surface area contributed by atoms with Crippen LogP contribution in [-0.2, 0) is 47.5 Å². The molecular weight excluding hydrogens is 397 g/mol. The fourth-order valence-electron chi connectivity index (χ4n) is 0. The molecule has 0 aromatic carbocycles. The standard InChI is InChI=1S/2O.Ta.W. The molecule has 0 N–H and O–H groups in total. The van der Waals surface area contributed by atoms with Crippen molar-refractivity contribution in [1.82, 2.24) is 0 Å². The molecule has 0 saturated heterocycles. The molecule has 0 heterocycles. The predicted octanol–water partition coefficient (Wildman–Crippen LogP) is -0.243. The Labute approximate surface area is 47.4 Å². The summed E-state index contributed by atoms with van der Waals surface area (Å²) in [5, 5.41) is 0. The average molecular weight is 397 g/mol. The molecule has 0 aliphatic rings. The third-order valence-electron chi connectivity index (χ3n) is 0. The fourth-order valence-corrected chi connectivity index (χ4v) is 0. The summed E-state index contributed by atoms with van der Waals surface area (Å²) >= 11 is 0.528. The second kappa shape index (κ2) is 34.9. The molecule has 0 radical (unpaired) electrons. The summed E-state index contributed by atoms with van der Waals surface area (Å²) in [5.41, 5.74) is 0. The zero-order chi connectivity index (χ0) is 4.00. The van der Waals surface area contributed by atoms with E-state index >= 15 is 0 Å². The molecule has 0 bridgehead atoms. The molecular formula is O2TaW. The van der Waals surface area contributed by atoms with E-state index in [0.717, 1.165) is 0 Å². The molecule has 0 fully saturated rings. The zero-order valence-corrected chi connectivity index (χ0v) is 7.82. The molecule has 0 aliphatic heterocycles. The summed E-state index contributed by atoms with van der Waals surface area (Å²) in [4.78, 5) is 0. The number of hydrogen-bond donors (Lipinski definition) is 0. The van der Waals surface area contributed by atoms with Crippen molar-refractivity contribution in [3.63, 3.8) is 0 Å². The van der Waals surface area contributed by atoms with E-state index in [1.165, 1.54) is 0 Å². The van der Waals surface area contributed by atoms with E-state index in [9.17, 15) is 0 Å². The minimum atomic E-state index is 0.194. The van der Waals surface area contributed by atoms with Gasteiger partial charge in [0.25, 0.3) is 0 Å². The van der Waals surface area contributed by atoms with Gasteiger partial charge in [0, 0.05) is 0 Å². The normalized spacial score (nSPS) is 1.75. The van der Waals surface area contributed by atoms with Gasteiger partial charge < -0.3 is 0 Å². The Balaban J connectivity index is 0. The Bertz CT molecular complexity index is 8.00. The molecule has 0 atom stereocenters. The van der Waals surface area contributed by atoms with Crippen LogP contribution < -0.4 is 0 Å². The van der Waals surface area contributed by atoms with E-state index in [2.05, 4.69) is 0 Å². The van der Waals surface area contributed by atoms with Gasteiger partial charge in [0.15, 0.2) is 0 Å². The van der Waals surface area contributed by atoms with Crippen molar-refractivity contribution in [2.24, 2.45) is 0 Å². The van der Waals surface area contributed by atoms with Crippen LogP contribution in [0.2, 0.25) is 0 Å². The van der Waals surface area contributed by atoms with Gasteiger partial charge in [-0.15, -0.1) is 0 Å². The van der Waals surface area contributed by atoms with E-state index in [1.807, 2.05) is 0 Å². The van der Waals surface area contributed by atoms with E-state index < -0.39 is 0 Å². The summed E-state index contributed by atoms with van der Waals surface area (Å²) in [7, 11) is 0. The molecule has 4 heavy (non-hydrogen) atoms. The molecule has 0 rings (SSSR count). The minimum absolute atomic E-state index is 0.194. The number of hydrogen-bond acceptors (Lipinski definition) is 2. The van der Waals surface area contributed by atoms with Crippen molar-refractivity contribution in [2.45, 2.75) is 0 Å². The summed E-state index contributed by atoms with van der Waals surface area (Å²) < 4.78 is 16.7. The van der Waals surface area contributed by atoms with Gasteiger partial charge in [-0.25, -0.2) is 0 Å². The molecule has 0 amide bonds. The quantitative estimate of drug-likeness (QED) is 0.566. The maximum atomic E-state index is 8.36. The molecule has 0 spiro atoms. The zero-order valence-electron chi connectivity index (χ0n) is 1.67. The molecule has 0 aromatic heterocycles. The van der Waals surface area contributed by atoms with Gasteiger partial charge in [0.2, 0.25) is 0 Å². The Hall–Kier alpha value is 1.03. The van der Waals surface area contributed by atoms with Crippen molar-refractivity contribution in [2.75, 3.05) is 0 Å². The second-order valence-corrected chi connectivity index (χ2v) is 0. The summed E-state index contributed by atoms with van der Waals surface area (Å²) in [6.07, 6.45) is 0. The number of rotatable bonds is 0. The fraction of sp³-hybridized carbons (Fsp3) is 0. The van der Waals surface area contributed by atoms with Crippen LogP contribution in [0, 0.1) is 0 Å². The molecule has 0 aromatic rings. The van der Waals surface area contributed by atoms with Crippen molar-refractivity contribution in [3.05, 3.63) is 0 Å². The van der Waals surface area contributed by atoms with E-state index in [1.54, 1.807) is 0 Å². The monoisotopic (exact) mass is 397 g/mol. The van der Waals surface area contributed by atoms with Gasteiger partial charge in [-0.2, -0.15) is 0 Å². The molecule has 2 nitrogen and oxygen atoms in total. The van der Waals surface area contributed by atoms with Gasteiger partial charge in [-0.3, -0.25) is 0 Å². The summed E-state index contributed by atoms with van der Waals surface area (Å²) in [6.45, 7) is 0. The van der Waals surface area contributed by atoms with E-state index in [4.69, 9.17) is 6.65 Å². The van der Waals surface area contributed by atoms with E-state index in [-0.39, 0.29) is 21.0 Å². The average Bonchev–Trinajstić information content (AvgIpc) is 1.50. The van der Waals surface area contributed by atoms with Crippen LogP contribution in [0.3, 0.4) is 0 Å². The molecule has 0 aliphatic carbocycles. The van der Waals surface area contributed by atoms with Crippen LogP contribution in [0.25, 0.3) is 0 Å². The van der Waals surface area contributed by atoms with Gasteiger partial charge in [0.1, 0.15) is 0 Å². The van der Waals surface area contributed by atoms with Gasteiger partial charge in [-0.1, -0.05) is 0 Å². The van der Waals surface area contributed by atoms with Crippen LogP contribution in [0.15, 0.2) is 0 Å². The third kappa shape index (κ3) is 11.8. The summed E-state index contributed by atoms with van der Waals surface area (Å²) in [5.74, 6) is 0. The predicted molar refractivity (Wildman–Crippen MR) is 1.37 cm³/mol. The van der Waals surface area contributed by atoms with Crippen LogP contribution in [0.1, 0.15) is 0 Å². The Morgan fingerprint density at radius 3 is 1.25 bits per heavy atom. The van der Waals surface area contributed by atoms with Gasteiger partial charge in [0.05, 0.1) is 0 Å². The molecule has 4 heteroatoms. The van der Waals surface area contributed by atoms with Crippen molar-refractivity contribution >= 4 is 0 Å². The van der Waals surface area contributed by atoms with Crippen molar-refractivity contribution in [1.29, 1.82) is 0 Å². The molecule has 23 valence electrons. The third-order valence-corrected chi connectivity index (χ3v) is 0. The molecule has 0 unspecified atom stereocenters. The molecule has 0 saturated carbocycles. The van der Waals surface area contributed by atoms with Crippen LogP contribution in [0.4, 0.5) is 0 Å². The SMILES string of the molecule is [O]=[Ta].[O]=[W]. The Morgan fingerprint density at radius 2 is 1.25 bits per heavy atom. The van der Waals surface area contributed by atoms with Crippen LogP contribution in [0.5, 0.6) is 0 Å². The van der Waals surface area contributed by atoms with Gasteiger partial charge in [-0.05, 0) is 0 Å². The summed E-state index contributed by atoms with van der Waals surface area (Å²) in [6, 6.07) is 0. The van der Waals surface area contributed by atoms with Crippen molar-refractivity contribution in [3.8, 4) is 0 Å². The van der Waals surface area contributed by atoms with Gasteiger partial charge >= 0.3 is 47.5 Å². The first-order chi connectivity index (χ1) is 2.00. The Morgan fingerprint density at radius 1 is 1.25 bits per heavy atom. The first-order valence-electron chi connectivity index (χ1n) is 0.349. The topological polar surface area (TPSA) is 34.1 Å². The maximum absolute atomic E-state index is 8.36. The van der Waals surface area contributed by atoms with E-state index in [0.29, 0.717) is 19.8 Å². The Kier molecular flexibility index (Phi) is 77.7. The van der Waals surface area contributed by atoms with Crippen LogP contribution in [-0.4, -0.2) is 0 Å². The first-order valence-corrected chi connectivity index (χ1v) is 2.86. The van der Waals surface area contributed by atoms with Crippen LogP contribution >= 0.6 is 0 Å².